The van der Waals surface area contributed by atoms with Gasteiger partial charge in [-0.3, -0.25) is 9.59 Å². The Kier molecular flexibility index (Phi) is 9.54. The van der Waals surface area contributed by atoms with E-state index in [9.17, 15) is 9.59 Å². The lowest BCUT2D eigenvalue weighted by Crippen LogP contribution is -2.43. The lowest BCUT2D eigenvalue weighted by atomic mass is 10.0. The van der Waals surface area contributed by atoms with Crippen LogP contribution in [-0.2, 0) is 29.1 Å². The Morgan fingerprint density at radius 3 is 2.03 bits per heavy atom. The summed E-state index contributed by atoms with van der Waals surface area (Å²) in [6.45, 7) is 0.611. The molecule has 4 rings (SSSR count). The van der Waals surface area contributed by atoms with Crippen molar-refractivity contribution < 1.29 is 14.3 Å². The van der Waals surface area contributed by atoms with E-state index in [1.165, 1.54) is 0 Å². The summed E-state index contributed by atoms with van der Waals surface area (Å²) in [5.41, 5.74) is 3.66. The summed E-state index contributed by atoms with van der Waals surface area (Å²) in [7, 11) is 1.62. The molecule has 0 saturated heterocycles. The molecule has 4 aromatic rings. The molecule has 1 atom stereocenters. The number of amides is 2. The summed E-state index contributed by atoms with van der Waals surface area (Å²) in [6.07, 6.45) is 0.873. The third-order valence-corrected chi connectivity index (χ3v) is 6.61. The monoisotopic (exact) mass is 526 g/mol. The van der Waals surface area contributed by atoms with Crippen LogP contribution in [0.1, 0.15) is 34.7 Å². The van der Waals surface area contributed by atoms with Crippen LogP contribution in [-0.4, -0.2) is 23.8 Å². The van der Waals surface area contributed by atoms with Gasteiger partial charge in [-0.05, 0) is 52.9 Å². The van der Waals surface area contributed by atoms with Crippen molar-refractivity contribution >= 4 is 23.4 Å². The van der Waals surface area contributed by atoms with Crippen molar-refractivity contribution in [3.05, 3.63) is 136 Å². The molecule has 2 amide bonds. The highest BCUT2D eigenvalue weighted by Gasteiger charge is 2.31. The van der Waals surface area contributed by atoms with Gasteiger partial charge >= 0.3 is 0 Å². The third kappa shape index (κ3) is 7.46. The second-order valence-corrected chi connectivity index (χ2v) is 9.45. The van der Waals surface area contributed by atoms with Gasteiger partial charge in [0.2, 0.25) is 11.8 Å². The number of rotatable bonds is 11. The Morgan fingerprint density at radius 1 is 0.789 bits per heavy atom. The number of methoxy groups -OCH3 is 1. The van der Waals surface area contributed by atoms with Crippen molar-refractivity contribution in [3.63, 3.8) is 0 Å². The van der Waals surface area contributed by atoms with Gasteiger partial charge in [0.15, 0.2) is 0 Å². The van der Waals surface area contributed by atoms with Crippen LogP contribution in [0.5, 0.6) is 5.75 Å². The third-order valence-electron chi connectivity index (χ3n) is 6.36. The zero-order valence-corrected chi connectivity index (χ0v) is 22.1. The van der Waals surface area contributed by atoms with Gasteiger partial charge in [-0.25, -0.2) is 0 Å². The zero-order valence-electron chi connectivity index (χ0n) is 21.3. The number of aryl methyl sites for hydroxylation is 1. The van der Waals surface area contributed by atoms with Crippen LogP contribution in [0, 0.1) is 0 Å². The van der Waals surface area contributed by atoms with E-state index in [1.807, 2.05) is 97.1 Å². The number of carbonyl (C=O) groups is 2. The summed E-state index contributed by atoms with van der Waals surface area (Å²) in [5, 5.41) is 3.66. The fourth-order valence-corrected chi connectivity index (χ4v) is 4.41. The lowest BCUT2D eigenvalue weighted by molar-refractivity contribution is -0.141. The Bertz CT molecular complexity index is 1310. The molecule has 0 saturated carbocycles. The standard InChI is InChI=1S/C32H31ClN2O3/c1-38-29-19-14-25(15-20-29)22-34-32(37)31(27-10-6-3-7-11-27)35(23-26-12-17-28(33)18-13-26)30(36)21-16-24-8-4-2-5-9-24/h2-15,17-20,31H,16,21-23H2,1H3,(H,34,37)/t31-/m1/s1. The number of ether oxygens (including phenoxy) is 1. The number of nitrogens with one attached hydrogen (secondary N) is 1. The maximum Gasteiger partial charge on any atom is 0.247 e. The molecule has 5 nitrogen and oxygen atoms in total. The first-order chi connectivity index (χ1) is 18.5. The van der Waals surface area contributed by atoms with E-state index in [0.717, 1.165) is 28.0 Å². The van der Waals surface area contributed by atoms with Crippen LogP contribution in [0.4, 0.5) is 0 Å². The van der Waals surface area contributed by atoms with E-state index in [-0.39, 0.29) is 24.8 Å². The fraction of sp³-hybridized carbons (Fsp3) is 0.188. The van der Waals surface area contributed by atoms with Crippen LogP contribution in [0.3, 0.4) is 0 Å². The van der Waals surface area contributed by atoms with Gasteiger partial charge in [0, 0.05) is 24.5 Å². The van der Waals surface area contributed by atoms with Crippen LogP contribution in [0.25, 0.3) is 0 Å². The molecule has 4 aromatic carbocycles. The number of nitrogens with zero attached hydrogens (tertiary/aromatic N) is 1. The first kappa shape index (κ1) is 27.0. The minimum atomic E-state index is -0.798. The SMILES string of the molecule is COc1ccc(CNC(=O)[C@@H](c2ccccc2)N(Cc2ccc(Cl)cc2)C(=O)CCc2ccccc2)cc1. The Hall–Kier alpha value is -4.09. The lowest BCUT2D eigenvalue weighted by Gasteiger charge is -2.32. The quantitative estimate of drug-likeness (QED) is 0.247. The van der Waals surface area contributed by atoms with Crippen molar-refractivity contribution in [1.82, 2.24) is 10.2 Å². The molecule has 0 bridgehead atoms. The predicted molar refractivity (Wildman–Crippen MR) is 151 cm³/mol. The van der Waals surface area contributed by atoms with Crippen molar-refractivity contribution in [1.29, 1.82) is 0 Å². The van der Waals surface area contributed by atoms with Crippen molar-refractivity contribution in [2.45, 2.75) is 32.0 Å². The smallest absolute Gasteiger partial charge is 0.247 e. The predicted octanol–water partition coefficient (Wildman–Crippen LogP) is 6.37. The molecule has 0 spiro atoms. The number of hydrogen-bond donors (Lipinski definition) is 1. The summed E-state index contributed by atoms with van der Waals surface area (Å²) >= 11 is 6.10. The molecular weight excluding hydrogens is 496 g/mol. The molecule has 0 heterocycles. The van der Waals surface area contributed by atoms with Crippen molar-refractivity contribution in [3.8, 4) is 5.75 Å². The first-order valence-electron chi connectivity index (χ1n) is 12.6. The molecule has 6 heteroatoms. The number of benzene rings is 4. The zero-order chi connectivity index (χ0) is 26.7. The van der Waals surface area contributed by atoms with Gasteiger partial charge < -0.3 is 15.0 Å². The molecule has 0 aliphatic rings. The maximum atomic E-state index is 13.8. The van der Waals surface area contributed by atoms with Crippen LogP contribution in [0.15, 0.2) is 109 Å². The van der Waals surface area contributed by atoms with E-state index in [2.05, 4.69) is 5.32 Å². The minimum absolute atomic E-state index is 0.0998. The highest BCUT2D eigenvalue weighted by molar-refractivity contribution is 6.30. The van der Waals surface area contributed by atoms with Gasteiger partial charge in [0.25, 0.3) is 0 Å². The Labute approximate surface area is 229 Å². The topological polar surface area (TPSA) is 58.6 Å². The van der Waals surface area contributed by atoms with Gasteiger partial charge in [-0.15, -0.1) is 0 Å². The molecule has 0 unspecified atom stereocenters. The highest BCUT2D eigenvalue weighted by atomic mass is 35.5. The molecule has 0 aromatic heterocycles. The number of hydrogen-bond acceptors (Lipinski definition) is 3. The Morgan fingerprint density at radius 2 is 1.39 bits per heavy atom. The average molecular weight is 527 g/mol. The van der Waals surface area contributed by atoms with Crippen molar-refractivity contribution in [2.24, 2.45) is 0 Å². The first-order valence-corrected chi connectivity index (χ1v) is 12.9. The van der Waals surface area contributed by atoms with Gasteiger partial charge in [0.05, 0.1) is 7.11 Å². The molecule has 0 aliphatic heterocycles. The largest absolute Gasteiger partial charge is 0.497 e. The minimum Gasteiger partial charge on any atom is -0.497 e. The van der Waals surface area contributed by atoms with Gasteiger partial charge in [0.1, 0.15) is 11.8 Å². The normalized spacial score (nSPS) is 11.4. The molecule has 0 fully saturated rings. The average Bonchev–Trinajstić information content (AvgIpc) is 2.97. The number of halogens is 1. The highest BCUT2D eigenvalue weighted by Crippen LogP contribution is 2.26. The van der Waals surface area contributed by atoms with Crippen molar-refractivity contribution in [2.75, 3.05) is 7.11 Å². The van der Waals surface area contributed by atoms with E-state index in [4.69, 9.17) is 16.3 Å². The van der Waals surface area contributed by atoms with Gasteiger partial charge in [-0.1, -0.05) is 96.5 Å². The van der Waals surface area contributed by atoms with Crippen LogP contribution < -0.4 is 10.1 Å². The van der Waals surface area contributed by atoms with E-state index in [0.29, 0.717) is 18.0 Å². The second kappa shape index (κ2) is 13.5. The van der Waals surface area contributed by atoms with Crippen LogP contribution in [0.2, 0.25) is 5.02 Å². The van der Waals surface area contributed by atoms with E-state index in [1.54, 1.807) is 24.1 Å². The maximum absolute atomic E-state index is 13.8. The fourth-order valence-electron chi connectivity index (χ4n) is 4.29. The Balaban J connectivity index is 1.61. The summed E-state index contributed by atoms with van der Waals surface area (Å²) in [5.74, 6) is 0.409. The molecule has 0 aliphatic carbocycles. The molecule has 38 heavy (non-hydrogen) atoms. The molecule has 1 N–H and O–H groups in total. The molecular formula is C32H31ClN2O3. The molecule has 194 valence electrons. The van der Waals surface area contributed by atoms with Gasteiger partial charge in [-0.2, -0.15) is 0 Å². The van der Waals surface area contributed by atoms with E-state index >= 15 is 0 Å². The van der Waals surface area contributed by atoms with Crippen LogP contribution >= 0.6 is 11.6 Å². The number of carbonyl (C=O) groups excluding carboxylic acids is 2. The molecule has 0 radical (unpaired) electrons. The van der Waals surface area contributed by atoms with E-state index < -0.39 is 6.04 Å². The summed E-state index contributed by atoms with van der Waals surface area (Å²) in [6, 6.07) is 33.4. The summed E-state index contributed by atoms with van der Waals surface area (Å²) in [4.78, 5) is 29.2. The summed E-state index contributed by atoms with van der Waals surface area (Å²) < 4.78 is 5.23. The second-order valence-electron chi connectivity index (χ2n) is 9.01.